The number of carbonyl (C=O) groups excluding carboxylic acids is 1. The lowest BCUT2D eigenvalue weighted by Crippen LogP contribution is -2.40. The number of urea groups is 1. The third-order valence-electron chi connectivity index (χ3n) is 2.71. The molecule has 1 aliphatic rings. The van der Waals surface area contributed by atoms with E-state index < -0.39 is 0 Å². The highest BCUT2D eigenvalue weighted by atomic mass is 16.5. The van der Waals surface area contributed by atoms with Crippen molar-refractivity contribution in [1.29, 1.82) is 0 Å². The molecule has 16 heavy (non-hydrogen) atoms. The van der Waals surface area contributed by atoms with Crippen molar-refractivity contribution in [1.82, 2.24) is 10.1 Å². The Morgan fingerprint density at radius 1 is 1.81 bits per heavy atom. The molecule has 2 N–H and O–H groups in total. The molecule has 0 saturated carbocycles. The number of aliphatic hydroxyl groups excluding tert-OH is 1. The van der Waals surface area contributed by atoms with Crippen molar-refractivity contribution >= 4 is 11.8 Å². The summed E-state index contributed by atoms with van der Waals surface area (Å²) in [7, 11) is 0. The highest BCUT2D eigenvalue weighted by molar-refractivity contribution is 5.88. The van der Waals surface area contributed by atoms with E-state index in [4.69, 9.17) is 9.63 Å². The first kappa shape index (κ1) is 10.9. The van der Waals surface area contributed by atoms with E-state index >= 15 is 0 Å². The number of carbonyl (C=O) groups is 1. The summed E-state index contributed by atoms with van der Waals surface area (Å²) in [6.07, 6.45) is 1.78. The van der Waals surface area contributed by atoms with Gasteiger partial charge in [-0.2, -0.15) is 0 Å². The van der Waals surface area contributed by atoms with Crippen molar-refractivity contribution in [2.75, 3.05) is 18.5 Å². The molecule has 0 aromatic carbocycles. The van der Waals surface area contributed by atoms with Crippen LogP contribution in [0.1, 0.15) is 18.6 Å². The Hall–Kier alpha value is -1.56. The third-order valence-corrected chi connectivity index (χ3v) is 2.71. The molecule has 0 bridgehead atoms. The molecule has 88 valence electrons. The number of aryl methyl sites for hydroxylation is 1. The van der Waals surface area contributed by atoms with Crippen molar-refractivity contribution in [2.45, 2.75) is 25.8 Å². The van der Waals surface area contributed by atoms with Gasteiger partial charge >= 0.3 is 6.03 Å². The molecule has 0 unspecified atom stereocenters. The normalized spacial score (nSPS) is 20.1. The molecular weight excluding hydrogens is 210 g/mol. The van der Waals surface area contributed by atoms with E-state index in [-0.39, 0.29) is 18.7 Å². The average Bonchev–Trinajstić information content (AvgIpc) is 2.86. The first-order valence-corrected chi connectivity index (χ1v) is 5.32. The van der Waals surface area contributed by atoms with Crippen LogP contribution in [0.5, 0.6) is 0 Å². The van der Waals surface area contributed by atoms with Gasteiger partial charge in [-0.1, -0.05) is 5.16 Å². The Labute approximate surface area is 93.2 Å². The van der Waals surface area contributed by atoms with Gasteiger partial charge in [0.25, 0.3) is 0 Å². The zero-order chi connectivity index (χ0) is 11.5. The zero-order valence-electron chi connectivity index (χ0n) is 9.14. The van der Waals surface area contributed by atoms with Gasteiger partial charge in [0.2, 0.25) is 0 Å². The van der Waals surface area contributed by atoms with E-state index in [2.05, 4.69) is 10.5 Å². The summed E-state index contributed by atoms with van der Waals surface area (Å²) in [5, 5.41) is 15.4. The molecule has 2 rings (SSSR count). The van der Waals surface area contributed by atoms with Crippen molar-refractivity contribution in [3.63, 3.8) is 0 Å². The SMILES string of the molecule is Cc1cc(NC(=O)N2CCC[C@H]2CO)no1. The summed E-state index contributed by atoms with van der Waals surface area (Å²) in [6, 6.07) is 1.35. The topological polar surface area (TPSA) is 78.6 Å². The largest absolute Gasteiger partial charge is 0.394 e. The van der Waals surface area contributed by atoms with Crippen LogP contribution in [0.3, 0.4) is 0 Å². The van der Waals surface area contributed by atoms with E-state index in [9.17, 15) is 4.79 Å². The first-order valence-electron chi connectivity index (χ1n) is 5.32. The number of amides is 2. The maximum absolute atomic E-state index is 11.8. The van der Waals surface area contributed by atoms with Crippen LogP contribution in [0.2, 0.25) is 0 Å². The highest BCUT2D eigenvalue weighted by Crippen LogP contribution is 2.18. The Morgan fingerprint density at radius 3 is 3.25 bits per heavy atom. The second-order valence-electron chi connectivity index (χ2n) is 3.92. The summed E-state index contributed by atoms with van der Waals surface area (Å²) in [5.74, 6) is 1.06. The second-order valence-corrected chi connectivity index (χ2v) is 3.92. The Kier molecular flexibility index (Phi) is 3.09. The second kappa shape index (κ2) is 4.52. The summed E-state index contributed by atoms with van der Waals surface area (Å²) < 4.78 is 4.85. The minimum Gasteiger partial charge on any atom is -0.394 e. The van der Waals surface area contributed by atoms with E-state index in [1.165, 1.54) is 0 Å². The number of aromatic nitrogens is 1. The van der Waals surface area contributed by atoms with Gasteiger partial charge in [0.05, 0.1) is 12.6 Å². The van der Waals surface area contributed by atoms with Crippen molar-refractivity contribution in [3.8, 4) is 0 Å². The van der Waals surface area contributed by atoms with Gasteiger partial charge in [0.15, 0.2) is 5.82 Å². The molecule has 0 aliphatic carbocycles. The molecule has 1 fully saturated rings. The van der Waals surface area contributed by atoms with Crippen molar-refractivity contribution in [2.24, 2.45) is 0 Å². The van der Waals surface area contributed by atoms with E-state index in [0.717, 1.165) is 12.8 Å². The van der Waals surface area contributed by atoms with Crippen LogP contribution in [0, 0.1) is 6.92 Å². The fourth-order valence-corrected chi connectivity index (χ4v) is 1.90. The smallest absolute Gasteiger partial charge is 0.323 e. The van der Waals surface area contributed by atoms with Gasteiger partial charge in [-0.25, -0.2) is 4.79 Å². The molecule has 1 saturated heterocycles. The lowest BCUT2D eigenvalue weighted by molar-refractivity contribution is 0.166. The molecule has 0 radical (unpaired) electrons. The Morgan fingerprint density at radius 2 is 2.62 bits per heavy atom. The predicted molar refractivity (Wildman–Crippen MR) is 57.1 cm³/mol. The van der Waals surface area contributed by atoms with Crippen LogP contribution in [-0.4, -0.2) is 40.4 Å². The number of hydrogen-bond donors (Lipinski definition) is 2. The predicted octanol–water partition coefficient (Wildman–Crippen LogP) is 0.972. The van der Waals surface area contributed by atoms with Crippen LogP contribution in [-0.2, 0) is 0 Å². The van der Waals surface area contributed by atoms with E-state index in [0.29, 0.717) is 18.1 Å². The number of nitrogens with zero attached hydrogens (tertiary/aromatic N) is 2. The minimum atomic E-state index is -0.232. The standard InChI is InChI=1S/C10H15N3O3/c1-7-5-9(12-16-7)11-10(15)13-4-2-3-8(13)6-14/h5,8,14H,2-4,6H2,1H3,(H,11,12,15)/t8-/m0/s1. The fourth-order valence-electron chi connectivity index (χ4n) is 1.90. The average molecular weight is 225 g/mol. The third kappa shape index (κ3) is 2.16. The number of likely N-dealkylation sites (tertiary alicyclic amines) is 1. The van der Waals surface area contributed by atoms with Crippen LogP contribution < -0.4 is 5.32 Å². The number of hydrogen-bond acceptors (Lipinski definition) is 4. The van der Waals surface area contributed by atoms with E-state index in [1.807, 2.05) is 0 Å². The number of anilines is 1. The van der Waals surface area contributed by atoms with Crippen molar-refractivity contribution < 1.29 is 14.4 Å². The summed E-state index contributed by atoms with van der Waals surface area (Å²) >= 11 is 0. The molecule has 1 aromatic heterocycles. The summed E-state index contributed by atoms with van der Waals surface area (Å²) in [6.45, 7) is 2.44. The minimum absolute atomic E-state index is 0.00522. The summed E-state index contributed by atoms with van der Waals surface area (Å²) in [5.41, 5.74) is 0. The van der Waals surface area contributed by atoms with Crippen LogP contribution in [0.4, 0.5) is 10.6 Å². The molecule has 1 aliphatic heterocycles. The summed E-state index contributed by atoms with van der Waals surface area (Å²) in [4.78, 5) is 13.4. The van der Waals surface area contributed by atoms with E-state index in [1.54, 1.807) is 17.9 Å². The van der Waals surface area contributed by atoms with Gasteiger partial charge in [0, 0.05) is 12.6 Å². The molecule has 6 heteroatoms. The molecule has 0 spiro atoms. The van der Waals surface area contributed by atoms with Crippen molar-refractivity contribution in [3.05, 3.63) is 11.8 Å². The quantitative estimate of drug-likeness (QED) is 0.786. The lowest BCUT2D eigenvalue weighted by Gasteiger charge is -2.22. The molecule has 1 atom stereocenters. The number of nitrogens with one attached hydrogen (secondary N) is 1. The molecule has 1 aromatic rings. The fraction of sp³-hybridized carbons (Fsp3) is 0.600. The zero-order valence-corrected chi connectivity index (χ0v) is 9.14. The number of rotatable bonds is 2. The molecule has 2 heterocycles. The Bertz CT molecular complexity index is 377. The first-order chi connectivity index (χ1) is 7.70. The van der Waals surface area contributed by atoms with Gasteiger partial charge in [-0.15, -0.1) is 0 Å². The van der Waals surface area contributed by atoms with Gasteiger partial charge in [0.1, 0.15) is 5.76 Å². The number of aliphatic hydroxyl groups is 1. The molecule has 6 nitrogen and oxygen atoms in total. The lowest BCUT2D eigenvalue weighted by atomic mass is 10.2. The Balaban J connectivity index is 1.97. The van der Waals surface area contributed by atoms with Crippen LogP contribution >= 0.6 is 0 Å². The molecular formula is C10H15N3O3. The monoisotopic (exact) mass is 225 g/mol. The van der Waals surface area contributed by atoms with Gasteiger partial charge < -0.3 is 14.5 Å². The highest BCUT2D eigenvalue weighted by Gasteiger charge is 2.28. The van der Waals surface area contributed by atoms with Gasteiger partial charge in [-0.05, 0) is 19.8 Å². The maximum Gasteiger partial charge on any atom is 0.323 e. The van der Waals surface area contributed by atoms with Gasteiger partial charge in [-0.3, -0.25) is 5.32 Å². The maximum atomic E-state index is 11.8. The molecule has 2 amide bonds. The van der Waals surface area contributed by atoms with Crippen LogP contribution in [0.15, 0.2) is 10.6 Å². The van der Waals surface area contributed by atoms with Crippen LogP contribution in [0.25, 0.3) is 0 Å².